The highest BCUT2D eigenvalue weighted by Crippen LogP contribution is 2.28. The van der Waals surface area contributed by atoms with Crippen molar-refractivity contribution in [2.45, 2.75) is 51.5 Å². The van der Waals surface area contributed by atoms with Crippen LogP contribution in [-0.4, -0.2) is 39.6 Å². The van der Waals surface area contributed by atoms with E-state index in [4.69, 9.17) is 16.3 Å². The van der Waals surface area contributed by atoms with Gasteiger partial charge in [-0.3, -0.25) is 4.79 Å². The lowest BCUT2D eigenvalue weighted by Crippen LogP contribution is -2.43. The molecule has 0 aromatic carbocycles. The van der Waals surface area contributed by atoms with Crippen molar-refractivity contribution in [3.05, 3.63) is 20.8 Å². The Bertz CT molecular complexity index is 642. The number of halogens is 1. The number of amides is 1. The van der Waals surface area contributed by atoms with Gasteiger partial charge in [-0.25, -0.2) is 4.79 Å². The van der Waals surface area contributed by atoms with Crippen molar-refractivity contribution in [3.8, 4) is 0 Å². The summed E-state index contributed by atoms with van der Waals surface area (Å²) in [7, 11) is 0. The first-order valence-electron chi connectivity index (χ1n) is 8.29. The molecule has 9 nitrogen and oxygen atoms in total. The van der Waals surface area contributed by atoms with Crippen LogP contribution in [0.25, 0.3) is 0 Å². The molecule has 1 fully saturated rings. The van der Waals surface area contributed by atoms with Crippen LogP contribution in [0.15, 0.2) is 0 Å². The third-order valence-electron chi connectivity index (χ3n) is 4.26. The number of ether oxygens (including phenoxy) is 1. The molecule has 25 heavy (non-hydrogen) atoms. The molecule has 0 saturated heterocycles. The number of nitrogens with one attached hydrogen (secondary N) is 2. The van der Waals surface area contributed by atoms with Crippen molar-refractivity contribution in [1.82, 2.24) is 15.5 Å². The molecule has 2 rings (SSSR count). The largest absolute Gasteiger partial charge is 0.464 e. The second-order valence-electron chi connectivity index (χ2n) is 6.01. The molecule has 1 aromatic heterocycles. The lowest BCUT2D eigenvalue weighted by Gasteiger charge is -2.25. The van der Waals surface area contributed by atoms with Crippen LogP contribution in [0.3, 0.4) is 0 Å². The maximum absolute atomic E-state index is 12.4. The molecule has 0 aliphatic heterocycles. The number of rotatable bonds is 7. The molecule has 1 aromatic rings. The van der Waals surface area contributed by atoms with Crippen LogP contribution in [0.1, 0.15) is 55.9 Å². The lowest BCUT2D eigenvalue weighted by atomic mass is 9.85. The summed E-state index contributed by atoms with van der Waals surface area (Å²) >= 11 is 5.82. The minimum atomic E-state index is -0.831. The maximum Gasteiger partial charge on any atom is 0.362 e. The van der Waals surface area contributed by atoms with E-state index < -0.39 is 28.7 Å². The first-order chi connectivity index (χ1) is 11.9. The fourth-order valence-electron chi connectivity index (χ4n) is 3.03. The van der Waals surface area contributed by atoms with Crippen LogP contribution in [0.2, 0.25) is 5.02 Å². The zero-order valence-corrected chi connectivity index (χ0v) is 14.7. The molecular weight excluding hydrogens is 352 g/mol. The van der Waals surface area contributed by atoms with E-state index in [2.05, 4.69) is 15.5 Å². The number of H-pyrrole nitrogens is 1. The van der Waals surface area contributed by atoms with Crippen molar-refractivity contribution in [1.29, 1.82) is 0 Å². The Labute approximate surface area is 149 Å². The first-order valence-corrected chi connectivity index (χ1v) is 8.67. The minimum absolute atomic E-state index is 0.199. The summed E-state index contributed by atoms with van der Waals surface area (Å²) in [5, 5.41) is 18.6. The van der Waals surface area contributed by atoms with E-state index in [1.54, 1.807) is 6.92 Å². The lowest BCUT2D eigenvalue weighted by molar-refractivity contribution is -0.389. The van der Waals surface area contributed by atoms with E-state index in [-0.39, 0.29) is 17.3 Å². The number of nitro groups is 1. The second kappa shape index (κ2) is 8.80. The van der Waals surface area contributed by atoms with Gasteiger partial charge in [-0.15, -0.1) is 5.10 Å². The quantitative estimate of drug-likeness (QED) is 0.430. The van der Waals surface area contributed by atoms with Gasteiger partial charge in [0.05, 0.1) is 6.61 Å². The van der Waals surface area contributed by atoms with Crippen molar-refractivity contribution in [2.24, 2.45) is 5.92 Å². The molecule has 1 aliphatic carbocycles. The summed E-state index contributed by atoms with van der Waals surface area (Å²) in [6, 6.07) is -0.831. The SMILES string of the molecule is CCOC(=O)[C@H](CC1CCCCC1)NC(=O)c1n[nH]c([N+](=O)[O-])c1Cl. The standard InChI is InChI=1S/C15H21ClN4O5/c1-2-25-15(22)10(8-9-6-4-3-5-7-9)17-14(21)12-11(16)13(19-18-12)20(23)24/h9-10H,2-8H2,1H3,(H,17,21)(H,18,19)/t10-/m0/s1. The van der Waals surface area contributed by atoms with E-state index in [0.29, 0.717) is 12.3 Å². The Kier molecular flexibility index (Phi) is 6.74. The molecule has 1 amide bonds. The van der Waals surface area contributed by atoms with Gasteiger partial charge in [0.25, 0.3) is 5.91 Å². The molecule has 10 heteroatoms. The molecule has 2 N–H and O–H groups in total. The molecule has 0 spiro atoms. The molecule has 1 aliphatic rings. The third kappa shape index (κ3) is 4.91. The van der Waals surface area contributed by atoms with Crippen molar-refractivity contribution >= 4 is 29.3 Å². The highest BCUT2D eigenvalue weighted by molar-refractivity contribution is 6.35. The fourth-order valence-corrected chi connectivity index (χ4v) is 3.27. The maximum atomic E-state index is 12.4. The van der Waals surface area contributed by atoms with Gasteiger partial charge in [-0.2, -0.15) is 0 Å². The number of nitrogens with zero attached hydrogens (tertiary/aromatic N) is 2. The number of aromatic nitrogens is 2. The smallest absolute Gasteiger partial charge is 0.362 e. The average molecular weight is 373 g/mol. The molecule has 0 unspecified atom stereocenters. The zero-order chi connectivity index (χ0) is 18.4. The molecule has 1 heterocycles. The van der Waals surface area contributed by atoms with Crippen LogP contribution >= 0.6 is 11.6 Å². The van der Waals surface area contributed by atoms with Crippen LogP contribution < -0.4 is 5.32 Å². The summed E-state index contributed by atoms with van der Waals surface area (Å²) in [5.74, 6) is -1.51. The summed E-state index contributed by atoms with van der Waals surface area (Å²) in [4.78, 5) is 34.5. The Morgan fingerprint density at radius 2 is 2.12 bits per heavy atom. The van der Waals surface area contributed by atoms with E-state index in [1.165, 1.54) is 6.42 Å². The van der Waals surface area contributed by atoms with Gasteiger partial charge in [0, 0.05) is 0 Å². The molecule has 0 bridgehead atoms. The van der Waals surface area contributed by atoms with E-state index >= 15 is 0 Å². The predicted molar refractivity (Wildman–Crippen MR) is 89.3 cm³/mol. The van der Waals surface area contributed by atoms with Crippen LogP contribution in [0.5, 0.6) is 0 Å². The van der Waals surface area contributed by atoms with Crippen LogP contribution in [-0.2, 0) is 9.53 Å². The second-order valence-corrected chi connectivity index (χ2v) is 6.39. The highest BCUT2D eigenvalue weighted by atomic mass is 35.5. The Balaban J connectivity index is 2.10. The van der Waals surface area contributed by atoms with E-state index in [1.807, 2.05) is 0 Å². The monoisotopic (exact) mass is 372 g/mol. The topological polar surface area (TPSA) is 127 Å². The van der Waals surface area contributed by atoms with Crippen molar-refractivity contribution in [3.63, 3.8) is 0 Å². The van der Waals surface area contributed by atoms with Crippen LogP contribution in [0, 0.1) is 16.0 Å². The number of hydrogen-bond acceptors (Lipinski definition) is 6. The number of aromatic amines is 1. The number of carbonyl (C=O) groups excluding carboxylic acids is 2. The zero-order valence-electron chi connectivity index (χ0n) is 13.9. The van der Waals surface area contributed by atoms with E-state index in [0.717, 1.165) is 25.7 Å². The van der Waals surface area contributed by atoms with Gasteiger partial charge in [0.15, 0.2) is 10.7 Å². The van der Waals surface area contributed by atoms with Gasteiger partial charge in [0.2, 0.25) is 0 Å². The molecule has 0 radical (unpaired) electrons. The Morgan fingerprint density at radius 1 is 1.44 bits per heavy atom. The van der Waals surface area contributed by atoms with Gasteiger partial charge >= 0.3 is 11.8 Å². The summed E-state index contributed by atoms with van der Waals surface area (Å²) in [6.45, 7) is 1.88. The fraction of sp³-hybridized carbons (Fsp3) is 0.667. The third-order valence-corrected chi connectivity index (χ3v) is 4.62. The normalized spacial score (nSPS) is 16.2. The molecule has 138 valence electrons. The van der Waals surface area contributed by atoms with Gasteiger partial charge in [-0.1, -0.05) is 48.8 Å². The number of carbonyl (C=O) groups is 2. The first kappa shape index (κ1) is 19.2. The molecule has 1 atom stereocenters. The Morgan fingerprint density at radius 3 is 2.68 bits per heavy atom. The average Bonchev–Trinajstić information content (AvgIpc) is 2.97. The molecule has 1 saturated carbocycles. The minimum Gasteiger partial charge on any atom is -0.464 e. The predicted octanol–water partition coefficient (Wildman–Crippen LogP) is 2.60. The highest BCUT2D eigenvalue weighted by Gasteiger charge is 2.31. The number of esters is 1. The van der Waals surface area contributed by atoms with Crippen molar-refractivity contribution < 1.29 is 19.2 Å². The molecular formula is C15H21ClN4O5. The van der Waals surface area contributed by atoms with Crippen molar-refractivity contribution in [2.75, 3.05) is 6.61 Å². The van der Waals surface area contributed by atoms with Crippen LogP contribution in [0.4, 0.5) is 5.82 Å². The van der Waals surface area contributed by atoms with Gasteiger partial charge in [0.1, 0.15) is 6.04 Å². The summed E-state index contributed by atoms with van der Waals surface area (Å²) in [5.41, 5.74) is -0.314. The van der Waals surface area contributed by atoms with E-state index in [9.17, 15) is 19.7 Å². The summed E-state index contributed by atoms with van der Waals surface area (Å²) < 4.78 is 5.03. The van der Waals surface area contributed by atoms with Gasteiger partial charge < -0.3 is 20.2 Å². The summed E-state index contributed by atoms with van der Waals surface area (Å²) in [6.07, 6.45) is 5.85. The number of hydrogen-bond donors (Lipinski definition) is 2. The van der Waals surface area contributed by atoms with Gasteiger partial charge in [-0.05, 0) is 24.2 Å². The Hall–Kier alpha value is -2.16.